The van der Waals surface area contributed by atoms with Crippen molar-refractivity contribution in [2.75, 3.05) is 26.2 Å². The van der Waals surface area contributed by atoms with Crippen molar-refractivity contribution in [1.82, 2.24) is 13.8 Å². The molecule has 1 aromatic rings. The van der Waals surface area contributed by atoms with Gasteiger partial charge in [-0.3, -0.25) is 4.79 Å². The Bertz CT molecular complexity index is 696. The number of hydrogen-bond donors (Lipinski definition) is 0. The maximum Gasteiger partial charge on any atom is 0.271 e. The maximum absolute atomic E-state index is 12.5. The van der Waals surface area contributed by atoms with Crippen molar-refractivity contribution in [2.24, 2.45) is 7.05 Å². The van der Waals surface area contributed by atoms with E-state index in [2.05, 4.69) is 0 Å². The van der Waals surface area contributed by atoms with Crippen LogP contribution in [-0.2, 0) is 17.1 Å². The average molecular weight is 324 g/mol. The van der Waals surface area contributed by atoms with E-state index in [9.17, 15) is 13.2 Å². The molecule has 0 atom stereocenters. The number of aryl methyl sites for hydroxylation is 1. The highest BCUT2D eigenvalue weighted by molar-refractivity contribution is 7.89. The van der Waals surface area contributed by atoms with Crippen LogP contribution >= 0.6 is 0 Å². The monoisotopic (exact) mass is 324 g/mol. The van der Waals surface area contributed by atoms with Gasteiger partial charge in [-0.2, -0.15) is 9.57 Å². The Labute approximate surface area is 130 Å². The lowest BCUT2D eigenvalue weighted by Crippen LogP contribution is -2.32. The Balaban J connectivity index is 2.32. The Kier molecular flexibility index (Phi) is 4.88. The summed E-state index contributed by atoms with van der Waals surface area (Å²) in [6.07, 6.45) is 3.19. The fourth-order valence-electron chi connectivity index (χ4n) is 2.54. The third kappa shape index (κ3) is 3.00. The highest BCUT2D eigenvalue weighted by Gasteiger charge is 2.30. The highest BCUT2D eigenvalue weighted by Crippen LogP contribution is 2.23. The van der Waals surface area contributed by atoms with Gasteiger partial charge in [0.25, 0.3) is 5.91 Å². The van der Waals surface area contributed by atoms with Gasteiger partial charge < -0.3 is 9.47 Å². The molecule has 0 spiro atoms. The minimum absolute atomic E-state index is 0.0191. The van der Waals surface area contributed by atoms with Gasteiger partial charge in [-0.15, -0.1) is 0 Å². The Hall–Kier alpha value is -1.85. The largest absolute Gasteiger partial charge is 0.345 e. The van der Waals surface area contributed by atoms with Crippen molar-refractivity contribution in [2.45, 2.75) is 24.7 Å². The van der Waals surface area contributed by atoms with Crippen molar-refractivity contribution >= 4 is 15.9 Å². The number of nitrogens with zero attached hydrogens (tertiary/aromatic N) is 4. The molecule has 0 bridgehead atoms. The predicted octanol–water partition coefficient (Wildman–Crippen LogP) is 0.795. The quantitative estimate of drug-likeness (QED) is 0.750. The molecule has 0 saturated carbocycles. The van der Waals surface area contributed by atoms with Crippen LogP contribution in [0, 0.1) is 11.3 Å². The molecule has 1 aliphatic rings. The van der Waals surface area contributed by atoms with E-state index in [1.807, 2.05) is 6.07 Å². The first-order chi connectivity index (χ1) is 10.4. The molecule has 8 heteroatoms. The highest BCUT2D eigenvalue weighted by atomic mass is 32.2. The standard InChI is InChI=1S/C14H20N4O3S/c1-3-17(9-6-15)14(19)13-10-12(11-16(13)2)22(20,21)18-7-4-5-8-18/h10-11H,3-5,7-9H2,1-2H3. The summed E-state index contributed by atoms with van der Waals surface area (Å²) in [5, 5.41) is 8.76. The first-order valence-electron chi connectivity index (χ1n) is 7.24. The summed E-state index contributed by atoms with van der Waals surface area (Å²) in [6, 6.07) is 3.34. The first kappa shape index (κ1) is 16.5. The Morgan fingerprint density at radius 2 is 2.05 bits per heavy atom. The smallest absolute Gasteiger partial charge is 0.271 e. The third-order valence-corrected chi connectivity index (χ3v) is 5.70. The molecule has 0 aromatic carbocycles. The summed E-state index contributed by atoms with van der Waals surface area (Å²) >= 11 is 0. The molecule has 0 unspecified atom stereocenters. The van der Waals surface area contributed by atoms with Crippen molar-refractivity contribution in [3.05, 3.63) is 18.0 Å². The normalized spacial score (nSPS) is 15.7. The third-order valence-electron chi connectivity index (χ3n) is 3.83. The van der Waals surface area contributed by atoms with Crippen LogP contribution in [0.25, 0.3) is 0 Å². The molecule has 22 heavy (non-hydrogen) atoms. The lowest BCUT2D eigenvalue weighted by Gasteiger charge is -2.17. The lowest BCUT2D eigenvalue weighted by molar-refractivity contribution is 0.0774. The molecule has 1 saturated heterocycles. The number of carbonyl (C=O) groups excluding carboxylic acids is 1. The molecule has 120 valence electrons. The van der Waals surface area contributed by atoms with E-state index in [1.54, 1.807) is 14.0 Å². The molecule has 1 amide bonds. The second-order valence-corrected chi connectivity index (χ2v) is 7.20. The van der Waals surface area contributed by atoms with Crippen molar-refractivity contribution < 1.29 is 13.2 Å². The minimum Gasteiger partial charge on any atom is -0.345 e. The van der Waals surface area contributed by atoms with E-state index >= 15 is 0 Å². The number of rotatable bonds is 5. The lowest BCUT2D eigenvalue weighted by atomic mass is 10.3. The van der Waals surface area contributed by atoms with Gasteiger partial charge in [0.05, 0.1) is 6.07 Å². The van der Waals surface area contributed by atoms with Crippen LogP contribution in [0.4, 0.5) is 0 Å². The van der Waals surface area contributed by atoms with Crippen LogP contribution in [0.5, 0.6) is 0 Å². The van der Waals surface area contributed by atoms with E-state index < -0.39 is 10.0 Å². The van der Waals surface area contributed by atoms with E-state index in [0.29, 0.717) is 19.6 Å². The van der Waals surface area contributed by atoms with Crippen molar-refractivity contribution in [3.8, 4) is 6.07 Å². The summed E-state index contributed by atoms with van der Waals surface area (Å²) in [6.45, 7) is 3.20. The Morgan fingerprint density at radius 1 is 1.41 bits per heavy atom. The number of sulfonamides is 1. The molecule has 0 N–H and O–H groups in total. The van der Waals surface area contributed by atoms with Gasteiger partial charge in [-0.05, 0) is 25.8 Å². The van der Waals surface area contributed by atoms with Crippen LogP contribution < -0.4 is 0 Å². The zero-order chi connectivity index (χ0) is 16.3. The summed E-state index contributed by atoms with van der Waals surface area (Å²) in [4.78, 5) is 13.9. The fourth-order valence-corrected chi connectivity index (χ4v) is 4.13. The number of amides is 1. The van der Waals surface area contributed by atoms with Crippen LogP contribution in [-0.4, -0.2) is 54.3 Å². The summed E-state index contributed by atoms with van der Waals surface area (Å²) < 4.78 is 28.0. The van der Waals surface area contributed by atoms with Gasteiger partial charge >= 0.3 is 0 Å². The summed E-state index contributed by atoms with van der Waals surface area (Å²) in [5.74, 6) is -0.338. The van der Waals surface area contributed by atoms with Crippen LogP contribution in [0.15, 0.2) is 17.2 Å². The minimum atomic E-state index is -3.54. The second-order valence-electron chi connectivity index (χ2n) is 5.26. The average Bonchev–Trinajstić information content (AvgIpc) is 3.13. The van der Waals surface area contributed by atoms with E-state index in [1.165, 1.54) is 26.0 Å². The van der Waals surface area contributed by atoms with Gasteiger partial charge in [0.15, 0.2) is 0 Å². The van der Waals surface area contributed by atoms with E-state index in [4.69, 9.17) is 5.26 Å². The molecule has 2 rings (SSSR count). The van der Waals surface area contributed by atoms with E-state index in [-0.39, 0.29) is 23.0 Å². The Morgan fingerprint density at radius 3 is 2.59 bits per heavy atom. The van der Waals surface area contributed by atoms with E-state index in [0.717, 1.165) is 12.8 Å². The number of hydrogen-bond acceptors (Lipinski definition) is 4. The molecule has 1 aromatic heterocycles. The van der Waals surface area contributed by atoms with Gasteiger partial charge in [0, 0.05) is 32.9 Å². The van der Waals surface area contributed by atoms with Gasteiger partial charge in [0.2, 0.25) is 10.0 Å². The SMILES string of the molecule is CCN(CC#N)C(=O)c1cc(S(=O)(=O)N2CCCC2)cn1C. The zero-order valence-electron chi connectivity index (χ0n) is 12.8. The molecule has 7 nitrogen and oxygen atoms in total. The summed E-state index contributed by atoms with van der Waals surface area (Å²) in [7, 11) is -1.91. The van der Waals surface area contributed by atoms with Gasteiger partial charge in [-0.25, -0.2) is 8.42 Å². The maximum atomic E-state index is 12.5. The molecule has 1 fully saturated rings. The fraction of sp³-hybridized carbons (Fsp3) is 0.571. The molecule has 0 aliphatic carbocycles. The molecule has 1 aliphatic heterocycles. The van der Waals surface area contributed by atoms with Crippen LogP contribution in [0.1, 0.15) is 30.3 Å². The predicted molar refractivity (Wildman–Crippen MR) is 80.6 cm³/mol. The van der Waals surface area contributed by atoms with Crippen molar-refractivity contribution in [1.29, 1.82) is 5.26 Å². The number of aromatic nitrogens is 1. The topological polar surface area (TPSA) is 86.4 Å². The second kappa shape index (κ2) is 6.50. The molecular weight excluding hydrogens is 304 g/mol. The summed E-state index contributed by atoms with van der Waals surface area (Å²) in [5.41, 5.74) is 0.273. The van der Waals surface area contributed by atoms with Crippen molar-refractivity contribution in [3.63, 3.8) is 0 Å². The first-order valence-corrected chi connectivity index (χ1v) is 8.68. The van der Waals surface area contributed by atoms with Gasteiger partial charge in [-0.1, -0.05) is 0 Å². The van der Waals surface area contributed by atoms with Crippen LogP contribution in [0.2, 0.25) is 0 Å². The molecule has 2 heterocycles. The molecule has 0 radical (unpaired) electrons. The number of nitriles is 1. The molecular formula is C14H20N4O3S. The number of carbonyl (C=O) groups is 1. The zero-order valence-corrected chi connectivity index (χ0v) is 13.6. The van der Waals surface area contributed by atoms with Crippen LogP contribution in [0.3, 0.4) is 0 Å². The van der Waals surface area contributed by atoms with Gasteiger partial charge in [0.1, 0.15) is 17.1 Å².